The van der Waals surface area contributed by atoms with E-state index in [0.717, 1.165) is 17.8 Å². The van der Waals surface area contributed by atoms with Crippen LogP contribution in [0.1, 0.15) is 30.8 Å². The van der Waals surface area contributed by atoms with E-state index < -0.39 is 0 Å². The van der Waals surface area contributed by atoms with Crippen molar-refractivity contribution in [1.29, 1.82) is 0 Å². The Morgan fingerprint density at radius 3 is 2.79 bits per heavy atom. The van der Waals surface area contributed by atoms with Gasteiger partial charge < -0.3 is 9.88 Å². The highest BCUT2D eigenvalue weighted by molar-refractivity contribution is 5.93. The standard InChI is InChI=1S/C14H20N4O/c1-5-10(2)15-14(19)13-9-11(16-18(13)4)12-7-6-8-17(12)3/h6-10H,5H2,1-4H3,(H,15,19). The van der Waals surface area contributed by atoms with E-state index in [0.29, 0.717) is 5.69 Å². The minimum absolute atomic E-state index is 0.0789. The zero-order valence-corrected chi connectivity index (χ0v) is 11.8. The van der Waals surface area contributed by atoms with Gasteiger partial charge in [0.1, 0.15) is 11.4 Å². The first-order valence-electron chi connectivity index (χ1n) is 6.49. The Kier molecular flexibility index (Phi) is 3.74. The summed E-state index contributed by atoms with van der Waals surface area (Å²) in [4.78, 5) is 12.1. The maximum Gasteiger partial charge on any atom is 0.269 e. The van der Waals surface area contributed by atoms with Crippen LogP contribution in [0.25, 0.3) is 11.4 Å². The van der Waals surface area contributed by atoms with Crippen molar-refractivity contribution in [1.82, 2.24) is 19.7 Å². The molecule has 2 aromatic rings. The van der Waals surface area contributed by atoms with Crippen LogP contribution in [0.4, 0.5) is 0 Å². The van der Waals surface area contributed by atoms with Gasteiger partial charge in [0.2, 0.25) is 0 Å². The van der Waals surface area contributed by atoms with Crippen molar-refractivity contribution >= 4 is 5.91 Å². The quantitative estimate of drug-likeness (QED) is 0.913. The maximum atomic E-state index is 12.1. The summed E-state index contributed by atoms with van der Waals surface area (Å²) < 4.78 is 3.61. The normalized spacial score (nSPS) is 12.4. The van der Waals surface area contributed by atoms with E-state index in [4.69, 9.17) is 0 Å². The average molecular weight is 260 g/mol. The SMILES string of the molecule is CCC(C)NC(=O)c1cc(-c2cccn2C)nn1C. The molecule has 1 unspecified atom stereocenters. The van der Waals surface area contributed by atoms with Crippen LogP contribution in [0, 0.1) is 0 Å². The van der Waals surface area contributed by atoms with Gasteiger partial charge in [-0.3, -0.25) is 9.48 Å². The van der Waals surface area contributed by atoms with Gasteiger partial charge in [-0.05, 0) is 31.5 Å². The van der Waals surface area contributed by atoms with Gasteiger partial charge in [-0.15, -0.1) is 0 Å². The van der Waals surface area contributed by atoms with Crippen molar-refractivity contribution < 1.29 is 4.79 Å². The molecule has 102 valence electrons. The van der Waals surface area contributed by atoms with Gasteiger partial charge in [0.05, 0.1) is 5.69 Å². The number of nitrogens with one attached hydrogen (secondary N) is 1. The van der Waals surface area contributed by atoms with Crippen LogP contribution in [0.2, 0.25) is 0 Å². The zero-order valence-electron chi connectivity index (χ0n) is 11.8. The molecule has 1 amide bonds. The van der Waals surface area contributed by atoms with Crippen LogP contribution in [-0.4, -0.2) is 26.3 Å². The second-order valence-electron chi connectivity index (χ2n) is 4.83. The molecule has 0 saturated carbocycles. The summed E-state index contributed by atoms with van der Waals surface area (Å²) in [5.74, 6) is -0.0789. The van der Waals surface area contributed by atoms with E-state index in [-0.39, 0.29) is 11.9 Å². The molecule has 2 heterocycles. The fourth-order valence-corrected chi connectivity index (χ4v) is 1.93. The number of hydrogen-bond donors (Lipinski definition) is 1. The molecule has 0 fully saturated rings. The lowest BCUT2D eigenvalue weighted by Gasteiger charge is -2.10. The first-order chi connectivity index (χ1) is 9.02. The molecule has 0 aliphatic carbocycles. The number of rotatable bonds is 4. The monoisotopic (exact) mass is 260 g/mol. The number of carbonyl (C=O) groups is 1. The van der Waals surface area contributed by atoms with Gasteiger partial charge in [0, 0.05) is 26.3 Å². The smallest absolute Gasteiger partial charge is 0.269 e. The summed E-state index contributed by atoms with van der Waals surface area (Å²) in [6.07, 6.45) is 2.87. The summed E-state index contributed by atoms with van der Waals surface area (Å²) >= 11 is 0. The van der Waals surface area contributed by atoms with E-state index in [2.05, 4.69) is 10.4 Å². The molecule has 0 bridgehead atoms. The van der Waals surface area contributed by atoms with Gasteiger partial charge in [-0.2, -0.15) is 5.10 Å². The summed E-state index contributed by atoms with van der Waals surface area (Å²) in [7, 11) is 3.75. The second kappa shape index (κ2) is 5.30. The molecule has 0 radical (unpaired) electrons. The molecule has 0 aromatic carbocycles. The van der Waals surface area contributed by atoms with Crippen LogP contribution in [0.15, 0.2) is 24.4 Å². The second-order valence-corrected chi connectivity index (χ2v) is 4.83. The third kappa shape index (κ3) is 2.70. The number of nitrogens with zero attached hydrogens (tertiary/aromatic N) is 3. The van der Waals surface area contributed by atoms with E-state index >= 15 is 0 Å². The van der Waals surface area contributed by atoms with Crippen LogP contribution in [0.3, 0.4) is 0 Å². The van der Waals surface area contributed by atoms with Gasteiger partial charge >= 0.3 is 0 Å². The first-order valence-corrected chi connectivity index (χ1v) is 6.49. The summed E-state index contributed by atoms with van der Waals surface area (Å²) in [6, 6.07) is 5.94. The zero-order chi connectivity index (χ0) is 14.0. The van der Waals surface area contributed by atoms with Crippen molar-refractivity contribution in [3.05, 3.63) is 30.1 Å². The predicted octanol–water partition coefficient (Wildman–Crippen LogP) is 1.95. The Balaban J connectivity index is 2.27. The van der Waals surface area contributed by atoms with Gasteiger partial charge in [0.25, 0.3) is 5.91 Å². The number of hydrogen-bond acceptors (Lipinski definition) is 2. The van der Waals surface area contributed by atoms with Crippen LogP contribution in [-0.2, 0) is 14.1 Å². The Bertz CT molecular complexity index is 582. The van der Waals surface area contributed by atoms with Crippen molar-refractivity contribution in [2.24, 2.45) is 14.1 Å². The molecule has 1 N–H and O–H groups in total. The van der Waals surface area contributed by atoms with Crippen LogP contribution >= 0.6 is 0 Å². The number of carbonyl (C=O) groups excluding carboxylic acids is 1. The molecule has 5 nitrogen and oxygen atoms in total. The molecule has 2 rings (SSSR count). The fourth-order valence-electron chi connectivity index (χ4n) is 1.93. The molecule has 2 aromatic heterocycles. The minimum Gasteiger partial charge on any atom is -0.349 e. The van der Waals surface area contributed by atoms with Gasteiger partial charge in [-0.25, -0.2) is 0 Å². The fraction of sp³-hybridized carbons (Fsp3) is 0.429. The predicted molar refractivity (Wildman–Crippen MR) is 74.8 cm³/mol. The van der Waals surface area contributed by atoms with Gasteiger partial charge in [0.15, 0.2) is 0 Å². The topological polar surface area (TPSA) is 51.9 Å². The molecule has 1 atom stereocenters. The molecule has 0 aliphatic rings. The van der Waals surface area contributed by atoms with E-state index in [1.807, 2.05) is 49.9 Å². The third-order valence-corrected chi connectivity index (χ3v) is 3.31. The summed E-state index contributed by atoms with van der Waals surface area (Å²) in [5.41, 5.74) is 2.39. The lowest BCUT2D eigenvalue weighted by Crippen LogP contribution is -2.33. The Labute approximate surface area is 113 Å². The molecular formula is C14H20N4O. The number of amides is 1. The molecule has 19 heavy (non-hydrogen) atoms. The minimum atomic E-state index is -0.0789. The number of aryl methyl sites for hydroxylation is 2. The highest BCUT2D eigenvalue weighted by atomic mass is 16.2. The average Bonchev–Trinajstić information content (AvgIpc) is 2.94. The van der Waals surface area contributed by atoms with Crippen molar-refractivity contribution in [3.63, 3.8) is 0 Å². The van der Waals surface area contributed by atoms with Gasteiger partial charge in [-0.1, -0.05) is 6.92 Å². The molecule has 5 heteroatoms. The van der Waals surface area contributed by atoms with E-state index in [9.17, 15) is 4.79 Å². The van der Waals surface area contributed by atoms with E-state index in [1.54, 1.807) is 11.7 Å². The number of aromatic nitrogens is 3. The molecule has 0 saturated heterocycles. The van der Waals surface area contributed by atoms with Crippen molar-refractivity contribution in [2.45, 2.75) is 26.3 Å². The Hall–Kier alpha value is -2.04. The van der Waals surface area contributed by atoms with Crippen LogP contribution < -0.4 is 5.32 Å². The Morgan fingerprint density at radius 1 is 1.47 bits per heavy atom. The van der Waals surface area contributed by atoms with Crippen molar-refractivity contribution in [2.75, 3.05) is 0 Å². The highest BCUT2D eigenvalue weighted by Crippen LogP contribution is 2.18. The molecule has 0 spiro atoms. The summed E-state index contributed by atoms with van der Waals surface area (Å²) in [6.45, 7) is 4.04. The third-order valence-electron chi connectivity index (χ3n) is 3.31. The first kappa shape index (κ1) is 13.4. The lowest BCUT2D eigenvalue weighted by molar-refractivity contribution is 0.0930. The Morgan fingerprint density at radius 2 is 2.21 bits per heavy atom. The largest absolute Gasteiger partial charge is 0.349 e. The highest BCUT2D eigenvalue weighted by Gasteiger charge is 2.16. The van der Waals surface area contributed by atoms with Crippen LogP contribution in [0.5, 0.6) is 0 Å². The lowest BCUT2D eigenvalue weighted by atomic mass is 10.2. The summed E-state index contributed by atoms with van der Waals surface area (Å²) in [5, 5.41) is 7.36. The maximum absolute atomic E-state index is 12.1. The molecular weight excluding hydrogens is 240 g/mol. The van der Waals surface area contributed by atoms with E-state index in [1.165, 1.54) is 0 Å². The van der Waals surface area contributed by atoms with Crippen molar-refractivity contribution in [3.8, 4) is 11.4 Å². The molecule has 0 aliphatic heterocycles.